The van der Waals surface area contributed by atoms with Crippen molar-refractivity contribution in [2.24, 2.45) is 0 Å². The predicted octanol–water partition coefficient (Wildman–Crippen LogP) is 4.22. The van der Waals surface area contributed by atoms with Crippen molar-refractivity contribution in [3.63, 3.8) is 0 Å². The number of nitrogens with one attached hydrogen (secondary N) is 1. The van der Waals surface area contributed by atoms with Crippen LogP contribution in [0, 0.1) is 0 Å². The molecule has 0 spiro atoms. The van der Waals surface area contributed by atoms with Gasteiger partial charge in [0.1, 0.15) is 0 Å². The van der Waals surface area contributed by atoms with Crippen LogP contribution in [0.3, 0.4) is 0 Å². The van der Waals surface area contributed by atoms with Crippen LogP contribution in [0.25, 0.3) is 10.8 Å². The second kappa shape index (κ2) is 5.45. The molecule has 0 amide bonds. The molecule has 18 heavy (non-hydrogen) atoms. The third kappa shape index (κ3) is 3.04. The Labute approximate surface area is 126 Å². The van der Waals surface area contributed by atoms with Crippen molar-refractivity contribution < 1.29 is 4.42 Å². The lowest BCUT2D eigenvalue weighted by atomic mass is 10.3. The SMILES string of the molecule is Brc1cc(-c2nc(CCNC3CC3)cs2)oc1Br. The van der Waals surface area contributed by atoms with E-state index in [0.29, 0.717) is 4.67 Å². The third-order valence-corrected chi connectivity index (χ3v) is 5.41. The van der Waals surface area contributed by atoms with Crippen LogP contribution in [0.2, 0.25) is 0 Å². The number of hydrogen-bond acceptors (Lipinski definition) is 4. The molecule has 2 aromatic heterocycles. The minimum Gasteiger partial charge on any atom is -0.446 e. The molecule has 0 unspecified atom stereocenters. The fraction of sp³-hybridized carbons (Fsp3) is 0.417. The number of furan rings is 1. The van der Waals surface area contributed by atoms with E-state index in [-0.39, 0.29) is 0 Å². The van der Waals surface area contributed by atoms with Crippen molar-refractivity contribution in [1.82, 2.24) is 10.3 Å². The molecule has 0 bridgehead atoms. The highest BCUT2D eigenvalue weighted by Gasteiger charge is 2.20. The van der Waals surface area contributed by atoms with Crippen LogP contribution < -0.4 is 5.32 Å². The summed E-state index contributed by atoms with van der Waals surface area (Å²) in [4.78, 5) is 4.60. The molecule has 0 atom stereocenters. The number of rotatable bonds is 5. The maximum atomic E-state index is 5.57. The van der Waals surface area contributed by atoms with Gasteiger partial charge in [0.15, 0.2) is 15.4 Å². The first-order chi connectivity index (χ1) is 8.72. The fourth-order valence-corrected chi connectivity index (χ4v) is 3.06. The summed E-state index contributed by atoms with van der Waals surface area (Å²) in [5.41, 5.74) is 1.13. The average Bonchev–Trinajstić information content (AvgIpc) is 2.94. The van der Waals surface area contributed by atoms with E-state index < -0.39 is 0 Å². The first-order valence-electron chi connectivity index (χ1n) is 5.85. The molecule has 0 aliphatic heterocycles. The second-order valence-corrected chi connectivity index (χ2v) is 6.79. The molecule has 6 heteroatoms. The van der Waals surface area contributed by atoms with Gasteiger partial charge in [0.25, 0.3) is 0 Å². The molecule has 1 saturated carbocycles. The van der Waals surface area contributed by atoms with Crippen LogP contribution in [-0.2, 0) is 6.42 Å². The molecule has 0 radical (unpaired) electrons. The quantitative estimate of drug-likeness (QED) is 0.828. The molecule has 1 aliphatic carbocycles. The lowest BCUT2D eigenvalue weighted by Gasteiger charge is -1.98. The van der Waals surface area contributed by atoms with E-state index in [0.717, 1.165) is 39.9 Å². The van der Waals surface area contributed by atoms with Crippen molar-refractivity contribution in [3.8, 4) is 10.8 Å². The van der Waals surface area contributed by atoms with E-state index >= 15 is 0 Å². The molecule has 0 saturated heterocycles. The number of thiazole rings is 1. The Hall–Kier alpha value is -0.170. The smallest absolute Gasteiger partial charge is 0.184 e. The van der Waals surface area contributed by atoms with Crippen molar-refractivity contribution >= 4 is 43.2 Å². The Balaban J connectivity index is 1.64. The first-order valence-corrected chi connectivity index (χ1v) is 8.32. The van der Waals surface area contributed by atoms with Gasteiger partial charge in [0.05, 0.1) is 10.2 Å². The monoisotopic (exact) mass is 390 g/mol. The molecular formula is C12H12Br2N2OS. The Bertz CT molecular complexity index is 529. The van der Waals surface area contributed by atoms with Gasteiger partial charge in [-0.3, -0.25) is 0 Å². The Morgan fingerprint density at radius 2 is 2.28 bits per heavy atom. The Morgan fingerprint density at radius 3 is 2.94 bits per heavy atom. The Kier molecular flexibility index (Phi) is 3.89. The van der Waals surface area contributed by atoms with E-state index in [1.165, 1.54) is 12.8 Å². The molecule has 1 aliphatic rings. The van der Waals surface area contributed by atoms with E-state index in [1.54, 1.807) is 11.3 Å². The highest BCUT2D eigenvalue weighted by atomic mass is 79.9. The molecular weight excluding hydrogens is 380 g/mol. The van der Waals surface area contributed by atoms with Crippen LogP contribution >= 0.6 is 43.2 Å². The topological polar surface area (TPSA) is 38.1 Å². The maximum Gasteiger partial charge on any atom is 0.184 e. The zero-order valence-corrected chi connectivity index (χ0v) is 13.6. The van der Waals surface area contributed by atoms with Crippen molar-refractivity contribution in [1.29, 1.82) is 0 Å². The lowest BCUT2D eigenvalue weighted by molar-refractivity contribution is 0.553. The van der Waals surface area contributed by atoms with Crippen LogP contribution in [0.5, 0.6) is 0 Å². The minimum absolute atomic E-state index is 0.713. The number of hydrogen-bond donors (Lipinski definition) is 1. The highest BCUT2D eigenvalue weighted by molar-refractivity contribution is 9.13. The molecule has 2 heterocycles. The number of nitrogens with zero attached hydrogens (tertiary/aromatic N) is 1. The normalized spacial score (nSPS) is 15.2. The van der Waals surface area contributed by atoms with Gasteiger partial charge in [-0.15, -0.1) is 11.3 Å². The Morgan fingerprint density at radius 1 is 1.44 bits per heavy atom. The molecule has 1 fully saturated rings. The number of halogens is 2. The summed E-state index contributed by atoms with van der Waals surface area (Å²) in [5, 5.41) is 6.53. The van der Waals surface area contributed by atoms with Crippen molar-refractivity contribution in [2.75, 3.05) is 6.54 Å². The molecule has 96 valence electrons. The largest absolute Gasteiger partial charge is 0.446 e. The van der Waals surface area contributed by atoms with Gasteiger partial charge in [-0.25, -0.2) is 4.98 Å². The standard InChI is InChI=1S/C12H12Br2N2OS/c13-9-5-10(17-11(9)14)12-16-8(6-18-12)3-4-15-7-1-2-7/h5-7,15H,1-4H2. The second-order valence-electron chi connectivity index (χ2n) is 4.35. The van der Waals surface area contributed by atoms with E-state index in [2.05, 4.69) is 47.5 Å². The van der Waals surface area contributed by atoms with Gasteiger partial charge in [-0.2, -0.15) is 0 Å². The van der Waals surface area contributed by atoms with Crippen molar-refractivity contribution in [2.45, 2.75) is 25.3 Å². The number of aromatic nitrogens is 1. The van der Waals surface area contributed by atoms with E-state index in [1.807, 2.05) is 6.07 Å². The fourth-order valence-electron chi connectivity index (χ4n) is 1.68. The zero-order chi connectivity index (χ0) is 12.5. The van der Waals surface area contributed by atoms with Gasteiger partial charge in [-0.1, -0.05) is 0 Å². The summed E-state index contributed by atoms with van der Waals surface area (Å²) in [7, 11) is 0. The molecule has 0 aromatic carbocycles. The summed E-state index contributed by atoms with van der Waals surface area (Å²) < 4.78 is 7.20. The zero-order valence-electron chi connectivity index (χ0n) is 9.58. The third-order valence-electron chi connectivity index (χ3n) is 2.80. The van der Waals surface area contributed by atoms with E-state index in [4.69, 9.17) is 4.42 Å². The maximum absolute atomic E-state index is 5.57. The van der Waals surface area contributed by atoms with E-state index in [9.17, 15) is 0 Å². The lowest BCUT2D eigenvalue weighted by Crippen LogP contribution is -2.19. The van der Waals surface area contributed by atoms with Gasteiger partial charge < -0.3 is 9.73 Å². The minimum atomic E-state index is 0.713. The molecule has 3 rings (SSSR count). The average molecular weight is 392 g/mol. The van der Waals surface area contributed by atoms with Crippen LogP contribution in [0.4, 0.5) is 0 Å². The highest BCUT2D eigenvalue weighted by Crippen LogP contribution is 2.34. The predicted molar refractivity (Wildman–Crippen MR) is 79.9 cm³/mol. The summed E-state index contributed by atoms with van der Waals surface area (Å²) in [6.07, 6.45) is 3.64. The van der Waals surface area contributed by atoms with Gasteiger partial charge in [-0.05, 0) is 44.7 Å². The summed E-state index contributed by atoms with van der Waals surface area (Å²) in [6, 6.07) is 2.70. The van der Waals surface area contributed by atoms with Crippen LogP contribution in [0.1, 0.15) is 18.5 Å². The van der Waals surface area contributed by atoms with Gasteiger partial charge >= 0.3 is 0 Å². The van der Waals surface area contributed by atoms with Crippen molar-refractivity contribution in [3.05, 3.63) is 26.3 Å². The first kappa shape index (κ1) is 12.8. The summed E-state index contributed by atoms with van der Waals surface area (Å²) in [5.74, 6) is 0.806. The summed E-state index contributed by atoms with van der Waals surface area (Å²) >= 11 is 8.37. The van der Waals surface area contributed by atoms with Crippen LogP contribution in [-0.4, -0.2) is 17.6 Å². The molecule has 1 N–H and O–H groups in total. The van der Waals surface area contributed by atoms with Crippen LogP contribution in [0.15, 0.2) is 25.0 Å². The molecule has 2 aromatic rings. The summed E-state index contributed by atoms with van der Waals surface area (Å²) in [6.45, 7) is 1.01. The van der Waals surface area contributed by atoms with Gasteiger partial charge in [0.2, 0.25) is 0 Å². The molecule has 3 nitrogen and oxygen atoms in total. The van der Waals surface area contributed by atoms with Gasteiger partial charge in [0, 0.05) is 30.5 Å².